The predicted molar refractivity (Wildman–Crippen MR) is 118 cm³/mol. The van der Waals surface area contributed by atoms with Crippen LogP contribution in [-0.2, 0) is 28.4 Å². The number of ether oxygens (including phenoxy) is 6. The van der Waals surface area contributed by atoms with Crippen LogP contribution in [-0.4, -0.2) is 65.7 Å². The molecule has 2 aliphatic heterocycles. The number of thiocarbonyl (C=S) groups is 2. The molecule has 0 saturated carbocycles. The fourth-order valence-corrected chi connectivity index (χ4v) is 3.73. The zero-order valence-corrected chi connectivity index (χ0v) is 18.9. The van der Waals surface area contributed by atoms with E-state index >= 15 is 0 Å². The van der Waals surface area contributed by atoms with Crippen molar-refractivity contribution in [1.29, 1.82) is 0 Å². The van der Waals surface area contributed by atoms with E-state index in [1.807, 2.05) is 42.8 Å². The highest BCUT2D eigenvalue weighted by molar-refractivity contribution is 8.22. The highest BCUT2D eigenvalue weighted by Gasteiger charge is 2.53. The Morgan fingerprint density at radius 3 is 2.25 bits per heavy atom. The van der Waals surface area contributed by atoms with Crippen molar-refractivity contribution in [3.05, 3.63) is 35.9 Å². The average Bonchev–Trinajstić information content (AvgIpc) is 2.74. The molecule has 0 aromatic heterocycles. The molecule has 0 amide bonds. The van der Waals surface area contributed by atoms with Crippen molar-refractivity contribution in [3.8, 4) is 0 Å². The third kappa shape index (κ3) is 5.17. The molecular formula is C18H22O6S4. The molecule has 2 saturated heterocycles. The van der Waals surface area contributed by atoms with Crippen LogP contribution in [0.25, 0.3) is 0 Å². The monoisotopic (exact) mass is 462 g/mol. The summed E-state index contributed by atoms with van der Waals surface area (Å²) in [4.78, 5) is 0. The molecule has 0 bridgehead atoms. The largest absolute Gasteiger partial charge is 0.468 e. The van der Waals surface area contributed by atoms with Gasteiger partial charge >= 0.3 is 0 Å². The zero-order valence-electron chi connectivity index (χ0n) is 15.6. The Kier molecular flexibility index (Phi) is 8.36. The Bertz CT molecular complexity index is 675. The van der Waals surface area contributed by atoms with E-state index in [4.69, 9.17) is 52.9 Å². The normalized spacial score (nSPS) is 32.2. The molecule has 0 radical (unpaired) electrons. The van der Waals surface area contributed by atoms with Gasteiger partial charge < -0.3 is 28.4 Å². The number of benzene rings is 1. The standard InChI is InChI=1S/C18H22O6S4/c1-19-16-14(24-18(26)28-3)13(23-17(25)27-2)12-11(21-16)9-20-15(22-12)10-7-5-4-6-8-10/h4-8,11-16H,9H2,1-3H3/t11-,12+,13+,14-,15?,16+/m1/s1. The Morgan fingerprint density at radius 2 is 1.64 bits per heavy atom. The molecule has 1 aromatic carbocycles. The summed E-state index contributed by atoms with van der Waals surface area (Å²) in [5, 5.41) is 0. The fraction of sp³-hybridized carbons (Fsp3) is 0.556. The highest BCUT2D eigenvalue weighted by atomic mass is 32.2. The summed E-state index contributed by atoms with van der Waals surface area (Å²) in [5.74, 6) is 0. The Labute approximate surface area is 183 Å². The minimum absolute atomic E-state index is 0.329. The molecule has 28 heavy (non-hydrogen) atoms. The minimum Gasteiger partial charge on any atom is -0.468 e. The van der Waals surface area contributed by atoms with Gasteiger partial charge in [0.2, 0.25) is 8.77 Å². The van der Waals surface area contributed by atoms with Crippen molar-refractivity contribution in [2.24, 2.45) is 0 Å². The van der Waals surface area contributed by atoms with Gasteiger partial charge in [-0.1, -0.05) is 53.9 Å². The summed E-state index contributed by atoms with van der Waals surface area (Å²) in [7, 11) is 1.55. The molecule has 0 aliphatic carbocycles. The van der Waals surface area contributed by atoms with E-state index in [9.17, 15) is 0 Å². The first-order valence-corrected chi connectivity index (χ1v) is 11.8. The number of thioether (sulfide) groups is 2. The lowest BCUT2D eigenvalue weighted by molar-refractivity contribution is -0.353. The summed E-state index contributed by atoms with van der Waals surface area (Å²) in [6.45, 7) is 0.329. The van der Waals surface area contributed by atoms with Crippen LogP contribution < -0.4 is 0 Å². The second kappa shape index (κ2) is 10.5. The van der Waals surface area contributed by atoms with Gasteiger partial charge in [-0.3, -0.25) is 0 Å². The van der Waals surface area contributed by atoms with Crippen molar-refractivity contribution >= 4 is 56.7 Å². The smallest absolute Gasteiger partial charge is 0.220 e. The van der Waals surface area contributed by atoms with Gasteiger partial charge in [0.1, 0.15) is 12.2 Å². The first-order valence-electron chi connectivity index (χ1n) is 8.56. The molecule has 6 atom stereocenters. The maximum Gasteiger partial charge on any atom is 0.220 e. The van der Waals surface area contributed by atoms with E-state index in [1.54, 1.807) is 7.11 Å². The van der Waals surface area contributed by atoms with Crippen LogP contribution in [0.15, 0.2) is 30.3 Å². The fourth-order valence-electron chi connectivity index (χ4n) is 3.09. The van der Waals surface area contributed by atoms with Crippen LogP contribution in [0.4, 0.5) is 0 Å². The summed E-state index contributed by atoms with van der Waals surface area (Å²) in [6, 6.07) is 9.72. The summed E-state index contributed by atoms with van der Waals surface area (Å²) in [6.07, 6.45) is 0.415. The highest BCUT2D eigenvalue weighted by Crippen LogP contribution is 2.37. The van der Waals surface area contributed by atoms with Crippen molar-refractivity contribution in [1.82, 2.24) is 0 Å². The van der Waals surface area contributed by atoms with Crippen molar-refractivity contribution in [2.45, 2.75) is 37.0 Å². The number of hydrogen-bond donors (Lipinski definition) is 0. The topological polar surface area (TPSA) is 55.4 Å². The van der Waals surface area contributed by atoms with Gasteiger partial charge in [-0.25, -0.2) is 0 Å². The first-order chi connectivity index (χ1) is 13.6. The molecule has 10 heteroatoms. The SMILES string of the molecule is CO[C@H]1O[C@@H]2COC(c3ccccc3)O[C@@H]2[C@H](OC(=S)SC)[C@H]1OC(=S)SC. The van der Waals surface area contributed by atoms with Gasteiger partial charge in [-0.15, -0.1) is 0 Å². The quantitative estimate of drug-likeness (QED) is 0.621. The van der Waals surface area contributed by atoms with Crippen molar-refractivity contribution < 1.29 is 28.4 Å². The number of hydrogen-bond acceptors (Lipinski definition) is 10. The number of rotatable bonds is 4. The molecule has 1 aromatic rings. The lowest BCUT2D eigenvalue weighted by atomic mass is 9.97. The van der Waals surface area contributed by atoms with E-state index in [1.165, 1.54) is 23.5 Å². The zero-order chi connectivity index (χ0) is 20.1. The predicted octanol–water partition coefficient (Wildman–Crippen LogP) is 3.54. The second-order valence-electron chi connectivity index (χ2n) is 6.03. The number of fused-ring (bicyclic) bond motifs is 1. The van der Waals surface area contributed by atoms with Crippen LogP contribution in [0.3, 0.4) is 0 Å². The van der Waals surface area contributed by atoms with Gasteiger partial charge in [0, 0.05) is 12.7 Å². The van der Waals surface area contributed by atoms with Crippen LogP contribution in [0.2, 0.25) is 0 Å². The molecule has 0 N–H and O–H groups in total. The second-order valence-corrected chi connectivity index (χ2v) is 8.84. The maximum atomic E-state index is 6.25. The van der Waals surface area contributed by atoms with Crippen LogP contribution >= 0.6 is 48.0 Å². The molecule has 3 rings (SSSR count). The van der Waals surface area contributed by atoms with Gasteiger partial charge in [0.05, 0.1) is 6.61 Å². The van der Waals surface area contributed by atoms with Gasteiger partial charge in [-0.2, -0.15) is 0 Å². The van der Waals surface area contributed by atoms with E-state index < -0.39 is 30.9 Å². The lowest BCUT2D eigenvalue weighted by Crippen LogP contribution is -2.63. The molecular weight excluding hydrogens is 440 g/mol. The number of methoxy groups -OCH3 is 1. The first kappa shape index (κ1) is 22.2. The van der Waals surface area contributed by atoms with Gasteiger partial charge in [-0.05, 0) is 36.9 Å². The molecule has 2 heterocycles. The van der Waals surface area contributed by atoms with Crippen LogP contribution in [0.1, 0.15) is 11.9 Å². The minimum atomic E-state index is -0.693. The Morgan fingerprint density at radius 1 is 1.00 bits per heavy atom. The molecule has 154 valence electrons. The summed E-state index contributed by atoms with van der Waals surface area (Å²) >= 11 is 13.2. The van der Waals surface area contributed by atoms with Crippen LogP contribution in [0.5, 0.6) is 0 Å². The van der Waals surface area contributed by atoms with Crippen LogP contribution in [0, 0.1) is 0 Å². The van der Waals surface area contributed by atoms with E-state index in [-0.39, 0.29) is 6.10 Å². The average molecular weight is 463 g/mol. The molecule has 0 spiro atoms. The third-order valence-corrected chi connectivity index (χ3v) is 6.44. The molecule has 2 fully saturated rings. The Hall–Kier alpha value is -0.460. The summed E-state index contributed by atoms with van der Waals surface area (Å²) in [5.41, 5.74) is 0.915. The van der Waals surface area contributed by atoms with E-state index in [0.29, 0.717) is 15.4 Å². The van der Waals surface area contributed by atoms with Crippen molar-refractivity contribution in [2.75, 3.05) is 26.2 Å². The lowest BCUT2D eigenvalue weighted by Gasteiger charge is -2.48. The molecule has 1 unspecified atom stereocenters. The van der Waals surface area contributed by atoms with Gasteiger partial charge in [0.15, 0.2) is 24.8 Å². The van der Waals surface area contributed by atoms with Crippen molar-refractivity contribution in [3.63, 3.8) is 0 Å². The third-order valence-electron chi connectivity index (χ3n) is 4.39. The van der Waals surface area contributed by atoms with Gasteiger partial charge in [0.25, 0.3) is 0 Å². The maximum absolute atomic E-state index is 6.25. The molecule has 6 nitrogen and oxygen atoms in total. The Balaban J connectivity index is 1.86. The molecule has 2 aliphatic rings. The van der Waals surface area contributed by atoms with E-state index in [2.05, 4.69) is 0 Å². The summed E-state index contributed by atoms with van der Waals surface area (Å²) < 4.78 is 36.4. The van der Waals surface area contributed by atoms with E-state index in [0.717, 1.165) is 5.56 Å².